The molecule has 140 valence electrons. The van der Waals surface area contributed by atoms with Gasteiger partial charge in [-0.2, -0.15) is 0 Å². The van der Waals surface area contributed by atoms with Crippen LogP contribution in [0.5, 0.6) is 5.88 Å². The van der Waals surface area contributed by atoms with E-state index < -0.39 is 0 Å². The predicted molar refractivity (Wildman–Crippen MR) is 108 cm³/mol. The first kappa shape index (κ1) is 17.0. The summed E-state index contributed by atoms with van der Waals surface area (Å²) in [6.07, 6.45) is 1.86. The zero-order valence-corrected chi connectivity index (χ0v) is 15.9. The molecule has 1 atom stereocenters. The van der Waals surface area contributed by atoms with Crippen LogP contribution in [-0.4, -0.2) is 28.3 Å². The van der Waals surface area contributed by atoms with E-state index in [0.717, 1.165) is 33.5 Å². The van der Waals surface area contributed by atoms with Gasteiger partial charge in [-0.25, -0.2) is 9.97 Å². The molecule has 0 amide bonds. The topological polar surface area (TPSA) is 49.2 Å². The first-order chi connectivity index (χ1) is 13.7. The van der Waals surface area contributed by atoms with Crippen LogP contribution < -0.4 is 4.74 Å². The first-order valence-corrected chi connectivity index (χ1v) is 9.39. The summed E-state index contributed by atoms with van der Waals surface area (Å²) in [5.41, 5.74) is 6.55. The van der Waals surface area contributed by atoms with E-state index in [2.05, 4.69) is 58.1 Å². The molecule has 0 fully saturated rings. The Hall–Kier alpha value is -3.18. The minimum atomic E-state index is 0.126. The van der Waals surface area contributed by atoms with Gasteiger partial charge in [0.25, 0.3) is 0 Å². The molecular formula is C23H21N3O2. The molecule has 0 radical (unpaired) electrons. The summed E-state index contributed by atoms with van der Waals surface area (Å²) in [5, 5.41) is 0. The summed E-state index contributed by atoms with van der Waals surface area (Å²) in [4.78, 5) is 9.24. The maximum atomic E-state index is 5.84. The molecular weight excluding hydrogens is 350 g/mol. The normalized spacial score (nSPS) is 16.1. The lowest BCUT2D eigenvalue weighted by Gasteiger charge is -2.26. The molecule has 5 nitrogen and oxygen atoms in total. The highest BCUT2D eigenvalue weighted by Gasteiger charge is 2.25. The summed E-state index contributed by atoms with van der Waals surface area (Å²) < 4.78 is 13.5. The fraction of sp³-hybridized carbons (Fsp3) is 0.217. The molecule has 1 aliphatic rings. The second-order valence-corrected chi connectivity index (χ2v) is 7.09. The lowest BCUT2D eigenvalue weighted by atomic mass is 10.0. The number of hydrogen-bond donors (Lipinski definition) is 0. The van der Waals surface area contributed by atoms with Crippen molar-refractivity contribution < 1.29 is 9.47 Å². The summed E-state index contributed by atoms with van der Waals surface area (Å²) in [7, 11) is 1.64. The van der Waals surface area contributed by atoms with Crippen LogP contribution in [0.3, 0.4) is 0 Å². The fourth-order valence-corrected chi connectivity index (χ4v) is 3.96. The zero-order chi connectivity index (χ0) is 19.1. The lowest BCUT2D eigenvalue weighted by molar-refractivity contribution is 0.0679. The molecule has 4 aromatic rings. The van der Waals surface area contributed by atoms with Crippen molar-refractivity contribution in [3.05, 3.63) is 77.7 Å². The van der Waals surface area contributed by atoms with Crippen molar-refractivity contribution in [3.8, 4) is 17.0 Å². The van der Waals surface area contributed by atoms with Gasteiger partial charge < -0.3 is 14.0 Å². The Balaban J connectivity index is 1.65. The highest BCUT2D eigenvalue weighted by Crippen LogP contribution is 2.33. The van der Waals surface area contributed by atoms with Crippen LogP contribution in [0.4, 0.5) is 0 Å². The van der Waals surface area contributed by atoms with Crippen LogP contribution in [0.1, 0.15) is 23.0 Å². The SMILES string of the molecule is COc1ncc(-c2ccc3nc4n(c3c2)C(c2ccccc2)COC4)cc1C. The minimum Gasteiger partial charge on any atom is -0.481 e. The molecule has 2 aromatic heterocycles. The van der Waals surface area contributed by atoms with Crippen LogP contribution in [0.25, 0.3) is 22.2 Å². The van der Waals surface area contributed by atoms with E-state index in [1.165, 1.54) is 5.56 Å². The first-order valence-electron chi connectivity index (χ1n) is 9.39. The molecule has 0 saturated heterocycles. The number of fused-ring (bicyclic) bond motifs is 3. The van der Waals surface area contributed by atoms with Crippen molar-refractivity contribution in [2.75, 3.05) is 13.7 Å². The van der Waals surface area contributed by atoms with Crippen LogP contribution in [0.2, 0.25) is 0 Å². The van der Waals surface area contributed by atoms with Crippen LogP contribution in [0, 0.1) is 6.92 Å². The Bertz CT molecular complexity index is 1150. The molecule has 2 aromatic carbocycles. The molecule has 0 N–H and O–H groups in total. The molecule has 0 bridgehead atoms. The lowest BCUT2D eigenvalue weighted by Crippen LogP contribution is -2.24. The summed E-state index contributed by atoms with van der Waals surface area (Å²) in [5.74, 6) is 1.63. The van der Waals surface area contributed by atoms with Gasteiger partial charge in [-0.05, 0) is 36.2 Å². The minimum absolute atomic E-state index is 0.126. The van der Waals surface area contributed by atoms with Gasteiger partial charge in [0.15, 0.2) is 0 Å². The van der Waals surface area contributed by atoms with Gasteiger partial charge in [0.1, 0.15) is 12.4 Å². The molecule has 1 unspecified atom stereocenters. The largest absolute Gasteiger partial charge is 0.481 e. The third-order valence-electron chi connectivity index (χ3n) is 5.32. The Labute approximate surface area is 163 Å². The molecule has 3 heterocycles. The van der Waals surface area contributed by atoms with Gasteiger partial charge in [-0.1, -0.05) is 36.4 Å². The number of hydrogen-bond acceptors (Lipinski definition) is 4. The molecule has 1 aliphatic heterocycles. The van der Waals surface area contributed by atoms with Crippen molar-refractivity contribution in [2.45, 2.75) is 19.6 Å². The van der Waals surface area contributed by atoms with E-state index in [1.807, 2.05) is 19.2 Å². The summed E-state index contributed by atoms with van der Waals surface area (Å²) in [6, 6.07) is 19.1. The fourth-order valence-electron chi connectivity index (χ4n) is 3.96. The highest BCUT2D eigenvalue weighted by molar-refractivity contribution is 5.83. The molecule has 28 heavy (non-hydrogen) atoms. The zero-order valence-electron chi connectivity index (χ0n) is 15.9. The smallest absolute Gasteiger partial charge is 0.215 e. The summed E-state index contributed by atoms with van der Waals surface area (Å²) in [6.45, 7) is 3.20. The van der Waals surface area contributed by atoms with Gasteiger partial charge >= 0.3 is 0 Å². The van der Waals surface area contributed by atoms with Gasteiger partial charge in [-0.15, -0.1) is 0 Å². The van der Waals surface area contributed by atoms with Crippen molar-refractivity contribution in [2.24, 2.45) is 0 Å². The number of methoxy groups -OCH3 is 1. The molecule has 5 rings (SSSR count). The molecule has 0 spiro atoms. The van der Waals surface area contributed by atoms with E-state index in [4.69, 9.17) is 14.5 Å². The average Bonchev–Trinajstić information content (AvgIpc) is 3.12. The number of aromatic nitrogens is 3. The molecule has 5 heteroatoms. The average molecular weight is 371 g/mol. The third-order valence-corrected chi connectivity index (χ3v) is 5.32. The quantitative estimate of drug-likeness (QED) is 0.531. The third kappa shape index (κ3) is 2.75. The number of benzene rings is 2. The number of ether oxygens (including phenoxy) is 2. The molecule has 0 aliphatic carbocycles. The van der Waals surface area contributed by atoms with Crippen molar-refractivity contribution >= 4 is 11.0 Å². The Kier molecular flexibility index (Phi) is 4.10. The maximum Gasteiger partial charge on any atom is 0.215 e. The van der Waals surface area contributed by atoms with Gasteiger partial charge in [0.2, 0.25) is 5.88 Å². The predicted octanol–water partition coefficient (Wildman–Crippen LogP) is 4.53. The maximum absolute atomic E-state index is 5.84. The Morgan fingerprint density at radius 1 is 1.07 bits per heavy atom. The Morgan fingerprint density at radius 2 is 1.93 bits per heavy atom. The Morgan fingerprint density at radius 3 is 2.71 bits per heavy atom. The number of aryl methyl sites for hydroxylation is 1. The van der Waals surface area contributed by atoms with E-state index in [0.29, 0.717) is 19.1 Å². The van der Waals surface area contributed by atoms with Crippen LogP contribution in [0.15, 0.2) is 60.8 Å². The van der Waals surface area contributed by atoms with Gasteiger partial charge in [0.05, 0.1) is 30.8 Å². The van der Waals surface area contributed by atoms with E-state index >= 15 is 0 Å². The monoisotopic (exact) mass is 371 g/mol. The van der Waals surface area contributed by atoms with E-state index in [9.17, 15) is 0 Å². The number of pyridine rings is 1. The van der Waals surface area contributed by atoms with Gasteiger partial charge in [0, 0.05) is 17.3 Å². The van der Waals surface area contributed by atoms with Crippen molar-refractivity contribution in [1.29, 1.82) is 0 Å². The number of nitrogens with zero attached hydrogens (tertiary/aromatic N) is 3. The van der Waals surface area contributed by atoms with Crippen molar-refractivity contribution in [3.63, 3.8) is 0 Å². The van der Waals surface area contributed by atoms with E-state index in [1.54, 1.807) is 7.11 Å². The van der Waals surface area contributed by atoms with Gasteiger partial charge in [-0.3, -0.25) is 0 Å². The molecule has 0 saturated carbocycles. The number of imidazole rings is 1. The van der Waals surface area contributed by atoms with Crippen molar-refractivity contribution in [1.82, 2.24) is 14.5 Å². The second kappa shape index (κ2) is 6.77. The summed E-state index contributed by atoms with van der Waals surface area (Å²) >= 11 is 0. The number of rotatable bonds is 3. The van der Waals surface area contributed by atoms with Crippen LogP contribution in [-0.2, 0) is 11.3 Å². The van der Waals surface area contributed by atoms with E-state index in [-0.39, 0.29) is 6.04 Å². The standard InChI is InChI=1S/C23H21N3O2/c1-15-10-18(12-24-23(15)27-2)17-8-9-19-20(11-17)26-21(13-28-14-22(26)25-19)16-6-4-3-5-7-16/h3-12,21H,13-14H2,1-2H3. The van der Waals surface area contributed by atoms with Crippen LogP contribution >= 0.6 is 0 Å². The second-order valence-electron chi connectivity index (χ2n) is 7.09. The highest BCUT2D eigenvalue weighted by atomic mass is 16.5.